The second-order valence-corrected chi connectivity index (χ2v) is 7.34. The molecule has 0 saturated heterocycles. The Balaban J connectivity index is 1.91. The van der Waals surface area contributed by atoms with Gasteiger partial charge in [0.25, 0.3) is 0 Å². The van der Waals surface area contributed by atoms with Crippen molar-refractivity contribution in [3.05, 3.63) is 81.7 Å². The zero-order valence-electron chi connectivity index (χ0n) is 18.0. The first-order valence-electron chi connectivity index (χ1n) is 10.4. The van der Waals surface area contributed by atoms with E-state index in [9.17, 15) is 5.11 Å². The molecule has 0 bridgehead atoms. The number of nitrogens with one attached hydrogen (secondary N) is 1. The van der Waals surface area contributed by atoms with Crippen molar-refractivity contribution in [3.8, 4) is 17.7 Å². The standard InChI is InChI=1S/C24H29N6O/c1-4-5-10-23-27-17(2)22(16-31)30(23)15-18-11-13-19(14-12-18)20-8-6-7-9-21(20)24(26-3)28-29-25/h3,6-9,11-14,29,31H,4-5,10,15-16,25H2,1-2H3/q+1/b28-24-. The summed E-state index contributed by atoms with van der Waals surface area (Å²) in [6.45, 7) is 10.3. The van der Waals surface area contributed by atoms with Gasteiger partial charge in [-0.3, -0.25) is 0 Å². The average Bonchev–Trinajstić information content (AvgIpc) is 3.10. The number of amidine groups is 1. The van der Waals surface area contributed by atoms with E-state index in [4.69, 9.17) is 12.4 Å². The third-order valence-corrected chi connectivity index (χ3v) is 5.32. The van der Waals surface area contributed by atoms with Crippen LogP contribution in [0.25, 0.3) is 16.0 Å². The van der Waals surface area contributed by atoms with Crippen LogP contribution in [-0.2, 0) is 19.6 Å². The molecule has 4 N–H and O–H groups in total. The molecular weight excluding hydrogens is 388 g/mol. The molecule has 1 heterocycles. The van der Waals surface area contributed by atoms with E-state index in [1.54, 1.807) is 0 Å². The first kappa shape index (κ1) is 22.2. The normalized spacial score (nSPS) is 11.4. The third-order valence-electron chi connectivity index (χ3n) is 5.32. The molecule has 7 heteroatoms. The van der Waals surface area contributed by atoms with Crippen LogP contribution in [0.1, 0.15) is 48.1 Å². The molecule has 7 nitrogen and oxygen atoms in total. The second kappa shape index (κ2) is 10.5. The summed E-state index contributed by atoms with van der Waals surface area (Å²) in [5.74, 6) is 6.66. The van der Waals surface area contributed by atoms with Crippen molar-refractivity contribution < 1.29 is 5.11 Å². The first-order valence-corrected chi connectivity index (χ1v) is 10.4. The average molecular weight is 418 g/mol. The van der Waals surface area contributed by atoms with Crippen LogP contribution in [0.15, 0.2) is 53.6 Å². The van der Waals surface area contributed by atoms with Crippen molar-refractivity contribution >= 4 is 5.84 Å². The Labute approximate surface area is 183 Å². The van der Waals surface area contributed by atoms with E-state index < -0.39 is 0 Å². The lowest BCUT2D eigenvalue weighted by atomic mass is 9.98. The summed E-state index contributed by atoms with van der Waals surface area (Å²) in [5.41, 5.74) is 7.90. The van der Waals surface area contributed by atoms with Gasteiger partial charge in [0.1, 0.15) is 12.4 Å². The molecule has 31 heavy (non-hydrogen) atoms. The van der Waals surface area contributed by atoms with Crippen molar-refractivity contribution in [2.75, 3.05) is 0 Å². The van der Waals surface area contributed by atoms with Gasteiger partial charge >= 0.3 is 5.84 Å². The second-order valence-electron chi connectivity index (χ2n) is 7.34. The van der Waals surface area contributed by atoms with Crippen LogP contribution in [0.5, 0.6) is 0 Å². The minimum atomic E-state index is -0.0176. The van der Waals surface area contributed by atoms with Crippen LogP contribution in [0.3, 0.4) is 0 Å². The Bertz CT molecular complexity index is 1090. The number of nitrogens with zero attached hydrogens (tertiary/aromatic N) is 4. The zero-order valence-corrected chi connectivity index (χ0v) is 18.0. The molecule has 0 radical (unpaired) electrons. The fourth-order valence-electron chi connectivity index (χ4n) is 3.70. The summed E-state index contributed by atoms with van der Waals surface area (Å²) in [4.78, 5) is 8.43. The number of rotatable bonds is 9. The van der Waals surface area contributed by atoms with Crippen LogP contribution < -0.4 is 11.4 Å². The van der Waals surface area contributed by atoms with E-state index in [0.717, 1.165) is 58.7 Å². The lowest BCUT2D eigenvalue weighted by molar-refractivity contribution is 0.270. The van der Waals surface area contributed by atoms with Crippen molar-refractivity contribution in [1.82, 2.24) is 15.1 Å². The van der Waals surface area contributed by atoms with E-state index >= 15 is 0 Å². The molecule has 0 atom stereocenters. The van der Waals surface area contributed by atoms with Crippen molar-refractivity contribution in [2.45, 2.75) is 46.3 Å². The smallest absolute Gasteiger partial charge is 0.390 e. The van der Waals surface area contributed by atoms with Crippen LogP contribution >= 0.6 is 0 Å². The number of benzene rings is 2. The number of nitrogens with two attached hydrogens (primary N) is 1. The van der Waals surface area contributed by atoms with Gasteiger partial charge < -0.3 is 9.67 Å². The Morgan fingerprint density at radius 2 is 1.97 bits per heavy atom. The molecule has 0 aliphatic carbocycles. The summed E-state index contributed by atoms with van der Waals surface area (Å²) < 4.78 is 2.14. The molecule has 0 unspecified atom stereocenters. The predicted molar refractivity (Wildman–Crippen MR) is 125 cm³/mol. The number of aromatic nitrogens is 2. The molecule has 0 aliphatic rings. The van der Waals surface area contributed by atoms with E-state index in [0.29, 0.717) is 12.4 Å². The summed E-state index contributed by atoms with van der Waals surface area (Å²) in [6, 6.07) is 16.1. The fourth-order valence-corrected chi connectivity index (χ4v) is 3.70. The number of aryl methyl sites for hydroxylation is 2. The maximum Gasteiger partial charge on any atom is 0.456 e. The summed E-state index contributed by atoms with van der Waals surface area (Å²) >= 11 is 0. The van der Waals surface area contributed by atoms with E-state index in [1.165, 1.54) is 0 Å². The molecule has 0 saturated carbocycles. The van der Waals surface area contributed by atoms with Crippen molar-refractivity contribution in [1.29, 1.82) is 0 Å². The summed E-state index contributed by atoms with van der Waals surface area (Å²) in [7, 11) is 0. The number of unbranched alkanes of at least 4 members (excludes halogenated alkanes) is 1. The molecule has 1 aromatic heterocycles. The molecule has 0 aliphatic heterocycles. The van der Waals surface area contributed by atoms with E-state index in [1.807, 2.05) is 31.2 Å². The lowest BCUT2D eigenvalue weighted by Crippen LogP contribution is -2.16. The number of aliphatic hydroxyl groups is 1. The van der Waals surface area contributed by atoms with Gasteiger partial charge in [-0.15, -0.1) is 5.53 Å². The molecular formula is C24H29N6O+. The molecule has 2 aromatic carbocycles. The highest BCUT2D eigenvalue weighted by molar-refractivity contribution is 6.10. The van der Waals surface area contributed by atoms with Gasteiger partial charge in [0, 0.05) is 13.0 Å². The van der Waals surface area contributed by atoms with Gasteiger partial charge in [0.05, 0.1) is 28.7 Å². The van der Waals surface area contributed by atoms with E-state index in [-0.39, 0.29) is 6.61 Å². The Kier molecular flexibility index (Phi) is 7.55. The largest absolute Gasteiger partial charge is 0.456 e. The predicted octanol–water partition coefficient (Wildman–Crippen LogP) is 3.83. The highest BCUT2D eigenvalue weighted by Crippen LogP contribution is 2.26. The van der Waals surface area contributed by atoms with E-state index in [2.05, 4.69) is 56.2 Å². The number of imidazole rings is 1. The number of aliphatic hydroxyl groups excluding tert-OH is 1. The molecule has 0 amide bonds. The maximum absolute atomic E-state index is 9.85. The first-order chi connectivity index (χ1) is 15.1. The molecule has 0 spiro atoms. The SMILES string of the molecule is C#[N+]/C(=N\NN)c1ccccc1-c1ccc(Cn2c(CCCC)nc(C)c2CO)cc1. The van der Waals surface area contributed by atoms with Crippen LogP contribution in [-0.4, -0.2) is 20.5 Å². The van der Waals surface area contributed by atoms with Crippen LogP contribution in [0.4, 0.5) is 0 Å². The molecule has 3 aromatic rings. The highest BCUT2D eigenvalue weighted by Gasteiger charge is 2.19. The van der Waals surface area contributed by atoms with Gasteiger partial charge in [-0.1, -0.05) is 55.8 Å². The number of hydrogen-bond acceptors (Lipinski definition) is 5. The van der Waals surface area contributed by atoms with Gasteiger partial charge in [-0.05, 0) is 36.1 Å². The Morgan fingerprint density at radius 3 is 2.61 bits per heavy atom. The molecule has 160 valence electrons. The quantitative estimate of drug-likeness (QED) is 0.213. The number of hydrazone groups is 1. The van der Waals surface area contributed by atoms with Gasteiger partial charge in [0.15, 0.2) is 0 Å². The number of hydrazine groups is 1. The molecule has 0 fully saturated rings. The van der Waals surface area contributed by atoms with Crippen LogP contribution in [0, 0.1) is 13.5 Å². The lowest BCUT2D eigenvalue weighted by Gasteiger charge is -2.12. The minimum Gasteiger partial charge on any atom is -0.390 e. The van der Waals surface area contributed by atoms with Crippen molar-refractivity contribution in [2.24, 2.45) is 10.9 Å². The maximum atomic E-state index is 9.85. The van der Waals surface area contributed by atoms with Crippen molar-refractivity contribution in [3.63, 3.8) is 0 Å². The fraction of sp³-hybridized carbons (Fsp3) is 0.292. The van der Waals surface area contributed by atoms with Gasteiger partial charge in [0.2, 0.25) is 0 Å². The summed E-state index contributed by atoms with van der Waals surface area (Å²) in [6.07, 6.45) is 3.09. The minimum absolute atomic E-state index is 0.0176. The van der Waals surface area contributed by atoms with Crippen LogP contribution in [0.2, 0.25) is 0 Å². The Hall–Kier alpha value is -3.47. The third kappa shape index (κ3) is 5.00. The monoisotopic (exact) mass is 417 g/mol. The highest BCUT2D eigenvalue weighted by atomic mass is 16.3. The topological polar surface area (TPSA) is 92.8 Å². The summed E-state index contributed by atoms with van der Waals surface area (Å²) in [5, 5.41) is 13.8. The zero-order chi connectivity index (χ0) is 22.2. The van der Waals surface area contributed by atoms with Gasteiger partial charge in [-0.2, -0.15) is 4.85 Å². The van der Waals surface area contributed by atoms with Gasteiger partial charge in [-0.25, -0.2) is 10.8 Å². The molecule has 3 rings (SSSR count). The Morgan fingerprint density at radius 1 is 1.23 bits per heavy atom. The number of hydrogen-bond donors (Lipinski definition) is 3.